The number of benzene rings is 2. The molecule has 5 rings (SSSR count). The number of nitrogens with zero attached hydrogens (tertiary/aromatic N) is 6. The first-order valence-corrected chi connectivity index (χ1v) is 12.8. The summed E-state index contributed by atoms with van der Waals surface area (Å²) in [5.74, 6) is 0.659. The highest BCUT2D eigenvalue weighted by Gasteiger charge is 2.33. The van der Waals surface area contributed by atoms with E-state index < -0.39 is 0 Å². The zero-order valence-corrected chi connectivity index (χ0v) is 22.3. The minimum atomic E-state index is -0.374. The van der Waals surface area contributed by atoms with Gasteiger partial charge in [-0.3, -0.25) is 9.69 Å². The number of rotatable bonds is 7. The Morgan fingerprint density at radius 3 is 2.51 bits per heavy atom. The van der Waals surface area contributed by atoms with Crippen LogP contribution in [0.4, 0.5) is 5.69 Å². The molecule has 0 saturated carbocycles. The highest BCUT2D eigenvalue weighted by Crippen LogP contribution is 2.30. The number of anilines is 1. The zero-order chi connectivity index (χ0) is 26.1. The molecule has 1 fully saturated rings. The lowest BCUT2D eigenvalue weighted by Gasteiger charge is -2.40. The molecule has 4 aromatic rings. The van der Waals surface area contributed by atoms with Crippen LogP contribution in [0.5, 0.6) is 0 Å². The molecule has 3 heterocycles. The van der Waals surface area contributed by atoms with E-state index in [1.807, 2.05) is 19.1 Å². The fourth-order valence-corrected chi connectivity index (χ4v) is 5.42. The van der Waals surface area contributed by atoms with E-state index in [9.17, 15) is 4.79 Å². The van der Waals surface area contributed by atoms with Crippen LogP contribution in [0.3, 0.4) is 0 Å². The standard InChI is InChI=1S/C28H35N7O2/c1-18-6-7-20(3)25(16-18)33-8-10-34(11-9-33)26(27-30-31-32-35(27)12-13-37-5)23-17-22-21(4)14-19(2)15-24(22)29-28(23)36/h6-7,14-17,26H,8-13H2,1-5H3,(H,29,36)/t26-/m1/s1. The summed E-state index contributed by atoms with van der Waals surface area (Å²) in [6.45, 7) is 12.7. The molecule has 1 aliphatic heterocycles. The molecule has 0 unspecified atom stereocenters. The lowest BCUT2D eigenvalue weighted by Crippen LogP contribution is -2.49. The summed E-state index contributed by atoms with van der Waals surface area (Å²) in [4.78, 5) is 21.4. The van der Waals surface area contributed by atoms with Crippen LogP contribution in [0.1, 0.15) is 39.7 Å². The first-order chi connectivity index (χ1) is 17.9. The van der Waals surface area contributed by atoms with Crippen molar-refractivity contribution in [1.29, 1.82) is 0 Å². The Balaban J connectivity index is 1.54. The third-order valence-corrected chi connectivity index (χ3v) is 7.33. The van der Waals surface area contributed by atoms with Crippen molar-refractivity contribution >= 4 is 16.6 Å². The summed E-state index contributed by atoms with van der Waals surface area (Å²) in [5.41, 5.74) is 7.46. The maximum atomic E-state index is 13.5. The van der Waals surface area contributed by atoms with Crippen molar-refractivity contribution in [2.45, 2.75) is 40.3 Å². The van der Waals surface area contributed by atoms with Gasteiger partial charge < -0.3 is 14.6 Å². The van der Waals surface area contributed by atoms with E-state index in [2.05, 4.69) is 75.3 Å². The maximum Gasteiger partial charge on any atom is 0.253 e. The topological polar surface area (TPSA) is 92.2 Å². The van der Waals surface area contributed by atoms with Crippen LogP contribution in [0.15, 0.2) is 41.2 Å². The van der Waals surface area contributed by atoms with E-state index in [1.165, 1.54) is 16.8 Å². The number of fused-ring (bicyclic) bond motifs is 1. The number of hydrogen-bond donors (Lipinski definition) is 1. The van der Waals surface area contributed by atoms with Crippen LogP contribution in [0.25, 0.3) is 10.9 Å². The number of ether oxygens (including phenoxy) is 1. The molecule has 1 saturated heterocycles. The first kappa shape index (κ1) is 25.1. The molecule has 1 atom stereocenters. The van der Waals surface area contributed by atoms with Crippen LogP contribution < -0.4 is 10.5 Å². The maximum absolute atomic E-state index is 13.5. The predicted octanol–water partition coefficient (Wildman–Crippen LogP) is 3.31. The van der Waals surface area contributed by atoms with Crippen molar-refractivity contribution in [3.8, 4) is 0 Å². The lowest BCUT2D eigenvalue weighted by molar-refractivity contribution is 0.171. The fraction of sp³-hybridized carbons (Fsp3) is 0.429. The minimum absolute atomic E-state index is 0.110. The van der Waals surface area contributed by atoms with Gasteiger partial charge in [-0.1, -0.05) is 18.2 Å². The molecule has 0 radical (unpaired) electrons. The second kappa shape index (κ2) is 10.4. The minimum Gasteiger partial charge on any atom is -0.383 e. The van der Waals surface area contributed by atoms with E-state index in [4.69, 9.17) is 4.74 Å². The van der Waals surface area contributed by atoms with Gasteiger partial charge in [-0.05, 0) is 78.6 Å². The van der Waals surface area contributed by atoms with Gasteiger partial charge in [-0.2, -0.15) is 0 Å². The van der Waals surface area contributed by atoms with Gasteiger partial charge in [0.25, 0.3) is 5.56 Å². The van der Waals surface area contributed by atoms with Crippen LogP contribution >= 0.6 is 0 Å². The number of piperazine rings is 1. The van der Waals surface area contributed by atoms with Gasteiger partial charge in [-0.25, -0.2) is 4.68 Å². The molecule has 1 aliphatic rings. The molecule has 2 aromatic heterocycles. The number of pyridine rings is 1. The fourth-order valence-electron chi connectivity index (χ4n) is 5.42. The SMILES string of the molecule is COCCn1nnnc1[C@@H](c1cc2c(C)cc(C)cc2[nH]c1=O)N1CCN(c2cc(C)ccc2C)CC1. The molecule has 0 aliphatic carbocycles. The summed E-state index contributed by atoms with van der Waals surface area (Å²) in [7, 11) is 1.66. The number of H-pyrrole nitrogens is 1. The average molecular weight is 502 g/mol. The molecule has 0 spiro atoms. The van der Waals surface area contributed by atoms with Gasteiger partial charge in [0.05, 0.1) is 13.2 Å². The van der Waals surface area contributed by atoms with Crippen LogP contribution in [-0.2, 0) is 11.3 Å². The van der Waals surface area contributed by atoms with E-state index >= 15 is 0 Å². The summed E-state index contributed by atoms with van der Waals surface area (Å²) in [6.07, 6.45) is 0. The Kier molecular flexibility index (Phi) is 7.08. The van der Waals surface area contributed by atoms with Crippen molar-refractivity contribution in [2.24, 2.45) is 0 Å². The van der Waals surface area contributed by atoms with Crippen LogP contribution in [0, 0.1) is 27.7 Å². The lowest BCUT2D eigenvalue weighted by atomic mass is 9.99. The van der Waals surface area contributed by atoms with E-state index in [0.29, 0.717) is 24.5 Å². The van der Waals surface area contributed by atoms with Crippen molar-refractivity contribution in [1.82, 2.24) is 30.1 Å². The molecule has 9 heteroatoms. The molecular formula is C28H35N7O2. The molecule has 0 amide bonds. The first-order valence-electron chi connectivity index (χ1n) is 12.8. The average Bonchev–Trinajstić information content (AvgIpc) is 3.33. The quantitative estimate of drug-likeness (QED) is 0.415. The van der Waals surface area contributed by atoms with E-state index in [-0.39, 0.29) is 11.6 Å². The van der Waals surface area contributed by atoms with E-state index in [1.54, 1.807) is 11.8 Å². The Morgan fingerprint density at radius 2 is 1.76 bits per heavy atom. The molecule has 2 aromatic carbocycles. The van der Waals surface area contributed by atoms with Crippen molar-refractivity contribution < 1.29 is 4.74 Å². The number of hydrogen-bond acceptors (Lipinski definition) is 7. The highest BCUT2D eigenvalue weighted by molar-refractivity contribution is 5.83. The largest absolute Gasteiger partial charge is 0.383 e. The molecule has 1 N–H and O–H groups in total. The Morgan fingerprint density at radius 1 is 0.973 bits per heavy atom. The smallest absolute Gasteiger partial charge is 0.253 e. The molecule has 0 bridgehead atoms. The Hall–Kier alpha value is -3.56. The Labute approximate surface area is 217 Å². The summed E-state index contributed by atoms with van der Waals surface area (Å²) < 4.78 is 7.05. The summed E-state index contributed by atoms with van der Waals surface area (Å²) in [6, 6.07) is 12.4. The van der Waals surface area contributed by atoms with Gasteiger partial charge in [0.1, 0.15) is 6.04 Å². The highest BCUT2D eigenvalue weighted by atomic mass is 16.5. The molecule has 194 valence electrons. The monoisotopic (exact) mass is 501 g/mol. The second-order valence-corrected chi connectivity index (χ2v) is 10.1. The van der Waals surface area contributed by atoms with E-state index in [0.717, 1.165) is 48.2 Å². The molecule has 37 heavy (non-hydrogen) atoms. The zero-order valence-electron chi connectivity index (χ0n) is 22.3. The number of tetrazole rings is 1. The van der Waals surface area contributed by atoms with Crippen molar-refractivity contribution in [3.05, 3.63) is 80.4 Å². The molecular weight excluding hydrogens is 466 g/mol. The summed E-state index contributed by atoms with van der Waals surface area (Å²) >= 11 is 0. The van der Waals surface area contributed by atoms with Crippen LogP contribution in [-0.4, -0.2) is 70.0 Å². The van der Waals surface area contributed by atoms with Gasteiger partial charge >= 0.3 is 0 Å². The number of nitrogens with one attached hydrogen (secondary N) is 1. The van der Waals surface area contributed by atoms with Gasteiger partial charge in [-0.15, -0.1) is 5.10 Å². The normalized spacial score (nSPS) is 15.4. The predicted molar refractivity (Wildman–Crippen MR) is 145 cm³/mol. The Bertz CT molecular complexity index is 1470. The summed E-state index contributed by atoms with van der Waals surface area (Å²) in [5, 5.41) is 13.7. The van der Waals surface area contributed by atoms with Gasteiger partial charge in [0, 0.05) is 55.4 Å². The number of aryl methyl sites for hydroxylation is 4. The second-order valence-electron chi connectivity index (χ2n) is 10.1. The van der Waals surface area contributed by atoms with Crippen molar-refractivity contribution in [3.63, 3.8) is 0 Å². The third kappa shape index (κ3) is 5.01. The van der Waals surface area contributed by atoms with Gasteiger partial charge in [0.2, 0.25) is 0 Å². The van der Waals surface area contributed by atoms with Crippen LogP contribution in [0.2, 0.25) is 0 Å². The number of aromatic nitrogens is 5. The van der Waals surface area contributed by atoms with Crippen molar-refractivity contribution in [2.75, 3.05) is 44.8 Å². The third-order valence-electron chi connectivity index (χ3n) is 7.33. The van der Waals surface area contributed by atoms with Gasteiger partial charge in [0.15, 0.2) is 5.82 Å². The number of methoxy groups -OCH3 is 1. The number of aromatic amines is 1. The molecule has 9 nitrogen and oxygen atoms in total.